The number of hydrogen-bond donors (Lipinski definition) is 3. The van der Waals surface area contributed by atoms with Gasteiger partial charge in [-0.15, -0.1) is 0 Å². The van der Waals surface area contributed by atoms with Crippen LogP contribution in [0.4, 0.5) is 0 Å². The number of unbranched alkanes of at least 4 members (excludes halogenated alkanes) is 58. The largest absolute Gasteiger partial charge is 0.472 e. The summed E-state index contributed by atoms with van der Waals surface area (Å²) in [5.74, 6) is -2.10. The highest BCUT2D eigenvalue weighted by Crippen LogP contribution is 2.45. The Morgan fingerprint density at radius 2 is 0.392 bits per heavy atom. The van der Waals surface area contributed by atoms with E-state index in [1.807, 2.05) is 0 Å². The number of rotatable bonds is 84. The van der Waals surface area contributed by atoms with E-state index in [0.717, 1.165) is 89.9 Å². The highest BCUT2D eigenvalue weighted by atomic mass is 31.2. The van der Waals surface area contributed by atoms with Crippen molar-refractivity contribution in [1.82, 2.24) is 0 Å². The number of carbonyl (C=O) groups is 4. The van der Waals surface area contributed by atoms with Gasteiger partial charge in [0.25, 0.3) is 0 Å². The number of phosphoric acid groups is 2. The third kappa shape index (κ3) is 76.3. The second kappa shape index (κ2) is 77.2. The van der Waals surface area contributed by atoms with E-state index in [2.05, 4.69) is 27.7 Å². The minimum absolute atomic E-state index is 0.109. The van der Waals surface area contributed by atoms with E-state index in [4.69, 9.17) is 37.0 Å². The highest BCUT2D eigenvalue weighted by molar-refractivity contribution is 7.47. The minimum atomic E-state index is -4.96. The van der Waals surface area contributed by atoms with Crippen LogP contribution in [-0.4, -0.2) is 96.7 Å². The Bertz CT molecular complexity index is 1930. The first-order valence-corrected chi connectivity index (χ1v) is 46.3. The van der Waals surface area contributed by atoms with E-state index >= 15 is 0 Å². The Balaban J connectivity index is 5.18. The number of hydrogen-bond acceptors (Lipinski definition) is 15. The fourth-order valence-electron chi connectivity index (χ4n) is 13.0. The molecule has 606 valence electrons. The van der Waals surface area contributed by atoms with Crippen LogP contribution in [0.5, 0.6) is 0 Å². The molecule has 0 aliphatic rings. The zero-order chi connectivity index (χ0) is 74.6. The molecule has 17 nitrogen and oxygen atoms in total. The quantitative estimate of drug-likeness (QED) is 0.0222. The summed E-state index contributed by atoms with van der Waals surface area (Å²) in [4.78, 5) is 73.0. The van der Waals surface area contributed by atoms with Gasteiger partial charge >= 0.3 is 39.5 Å². The Labute approximate surface area is 626 Å². The van der Waals surface area contributed by atoms with Gasteiger partial charge in [0, 0.05) is 25.7 Å². The molecule has 0 aromatic carbocycles. The maximum Gasteiger partial charge on any atom is 0.472 e. The molecule has 0 saturated heterocycles. The summed E-state index contributed by atoms with van der Waals surface area (Å²) in [6.45, 7) is 5.01. The molecule has 5 atom stereocenters. The number of aliphatic hydroxyl groups is 1. The molecule has 0 saturated carbocycles. The second-order valence-electron chi connectivity index (χ2n) is 29.9. The highest BCUT2D eigenvalue weighted by Gasteiger charge is 2.30. The fourth-order valence-corrected chi connectivity index (χ4v) is 14.6. The van der Waals surface area contributed by atoms with Crippen LogP contribution in [0.1, 0.15) is 451 Å². The smallest absolute Gasteiger partial charge is 0.462 e. The minimum Gasteiger partial charge on any atom is -0.462 e. The number of aliphatic hydroxyl groups excluding tert-OH is 1. The maximum atomic E-state index is 13.1. The Hall–Kier alpha value is -1.94. The Morgan fingerprint density at radius 3 is 0.578 bits per heavy atom. The van der Waals surface area contributed by atoms with Crippen LogP contribution in [0, 0.1) is 0 Å². The zero-order valence-corrected chi connectivity index (χ0v) is 68.4. The summed E-state index contributed by atoms with van der Waals surface area (Å²) in [5, 5.41) is 10.6. The maximum absolute atomic E-state index is 13.1. The first-order valence-electron chi connectivity index (χ1n) is 43.3. The molecule has 0 aliphatic heterocycles. The molecule has 0 amide bonds. The third-order valence-corrected chi connectivity index (χ3v) is 21.5. The van der Waals surface area contributed by atoms with E-state index in [9.17, 15) is 43.2 Å². The van der Waals surface area contributed by atoms with Gasteiger partial charge in [-0.3, -0.25) is 37.3 Å². The van der Waals surface area contributed by atoms with Gasteiger partial charge in [0.15, 0.2) is 12.2 Å². The first-order chi connectivity index (χ1) is 49.7. The molecule has 0 rings (SSSR count). The first kappa shape index (κ1) is 100. The van der Waals surface area contributed by atoms with Crippen LogP contribution in [0.25, 0.3) is 0 Å². The predicted octanol–water partition coefficient (Wildman–Crippen LogP) is 25.4. The standard InChI is InChI=1S/C83H162O17P2/c1-5-9-13-17-21-25-28-31-34-36-37-38-39-40-42-45-48-51-54-58-62-66-70-83(88)100-79(74-94-81(86)68-64-60-56-52-49-46-44-41-35-32-29-26-22-18-14-10-6-2)76-98-102(91,92)96-72-77(84)71-95-101(89,90)97-75-78(73-93-80(85)67-63-59-55-24-20-16-12-8-4)99-82(87)69-65-61-57-53-50-47-43-33-30-27-23-19-15-11-7-3/h77-79,84H,5-76H2,1-4H3,(H,89,90)(H,91,92)/t77-,78+,79+/m0/s1. The van der Waals surface area contributed by atoms with Crippen LogP contribution < -0.4 is 0 Å². The van der Waals surface area contributed by atoms with Crippen LogP contribution in [0.3, 0.4) is 0 Å². The van der Waals surface area contributed by atoms with Gasteiger partial charge in [-0.05, 0) is 25.7 Å². The van der Waals surface area contributed by atoms with E-state index in [0.29, 0.717) is 25.7 Å². The lowest BCUT2D eigenvalue weighted by atomic mass is 10.0. The van der Waals surface area contributed by atoms with E-state index in [-0.39, 0.29) is 25.7 Å². The molecule has 0 aromatic rings. The summed E-state index contributed by atoms with van der Waals surface area (Å²) in [5.41, 5.74) is 0. The van der Waals surface area contributed by atoms with Crippen LogP contribution in [0.15, 0.2) is 0 Å². The van der Waals surface area contributed by atoms with Gasteiger partial charge < -0.3 is 33.8 Å². The van der Waals surface area contributed by atoms with E-state index in [1.165, 1.54) is 283 Å². The van der Waals surface area contributed by atoms with Crippen molar-refractivity contribution in [3.8, 4) is 0 Å². The lowest BCUT2D eigenvalue weighted by Crippen LogP contribution is -2.30. The number of esters is 4. The van der Waals surface area contributed by atoms with Crippen molar-refractivity contribution in [3.63, 3.8) is 0 Å². The summed E-state index contributed by atoms with van der Waals surface area (Å²) in [6, 6.07) is 0. The number of carbonyl (C=O) groups excluding carboxylic acids is 4. The van der Waals surface area contributed by atoms with Crippen LogP contribution in [-0.2, 0) is 65.4 Å². The molecule has 0 spiro atoms. The molecule has 0 bridgehead atoms. The van der Waals surface area contributed by atoms with Gasteiger partial charge in [0.05, 0.1) is 26.4 Å². The average molecular weight is 1490 g/mol. The predicted molar refractivity (Wildman–Crippen MR) is 419 cm³/mol. The fraction of sp³-hybridized carbons (Fsp3) is 0.952. The van der Waals surface area contributed by atoms with Crippen molar-refractivity contribution < 1.29 is 80.2 Å². The molecule has 2 unspecified atom stereocenters. The number of phosphoric ester groups is 2. The van der Waals surface area contributed by atoms with Crippen molar-refractivity contribution in [2.24, 2.45) is 0 Å². The summed E-state index contributed by atoms with van der Waals surface area (Å²) < 4.78 is 68.7. The van der Waals surface area contributed by atoms with E-state index < -0.39 is 97.5 Å². The number of ether oxygens (including phenoxy) is 4. The van der Waals surface area contributed by atoms with Gasteiger partial charge in [-0.25, -0.2) is 9.13 Å². The molecule has 0 fully saturated rings. The molecule has 102 heavy (non-hydrogen) atoms. The van der Waals surface area contributed by atoms with Gasteiger partial charge in [0.2, 0.25) is 0 Å². The molecule has 0 heterocycles. The molecule has 19 heteroatoms. The van der Waals surface area contributed by atoms with Crippen molar-refractivity contribution in [2.75, 3.05) is 39.6 Å². The molecule has 0 aliphatic carbocycles. The molecular formula is C83H162O17P2. The van der Waals surface area contributed by atoms with Crippen LogP contribution in [0.2, 0.25) is 0 Å². The van der Waals surface area contributed by atoms with Crippen molar-refractivity contribution in [2.45, 2.75) is 470 Å². The molecule has 3 N–H and O–H groups in total. The van der Waals surface area contributed by atoms with Crippen molar-refractivity contribution in [3.05, 3.63) is 0 Å². The molecular weight excluding hydrogens is 1330 g/mol. The molecule has 0 aromatic heterocycles. The average Bonchev–Trinajstić information content (AvgIpc) is 0.909. The summed E-state index contributed by atoms with van der Waals surface area (Å²) >= 11 is 0. The monoisotopic (exact) mass is 1490 g/mol. The summed E-state index contributed by atoms with van der Waals surface area (Å²) in [7, 11) is -9.92. The SMILES string of the molecule is CCCCCCCCCCCCCCCCCCCCCCCCC(=O)O[C@H](COC(=O)CCCCCCCCCCCCCCCCCCC)COP(=O)(O)OC[C@@H](O)COP(=O)(O)OC[C@@H](COC(=O)CCCCCCCCCC)OC(=O)CCCCCCCCCCCCCCCCC. The van der Waals surface area contributed by atoms with Gasteiger partial charge in [-0.1, -0.05) is 400 Å². The second-order valence-corrected chi connectivity index (χ2v) is 32.8. The van der Waals surface area contributed by atoms with E-state index in [1.54, 1.807) is 0 Å². The summed E-state index contributed by atoms with van der Waals surface area (Å²) in [6.07, 6.45) is 70.9. The van der Waals surface area contributed by atoms with Gasteiger partial charge in [0.1, 0.15) is 19.3 Å². The third-order valence-electron chi connectivity index (χ3n) is 19.6. The van der Waals surface area contributed by atoms with Gasteiger partial charge in [-0.2, -0.15) is 0 Å². The van der Waals surface area contributed by atoms with Crippen molar-refractivity contribution >= 4 is 39.5 Å². The Kier molecular flexibility index (Phi) is 75.8. The lowest BCUT2D eigenvalue weighted by Gasteiger charge is -2.21. The van der Waals surface area contributed by atoms with Crippen LogP contribution >= 0.6 is 15.6 Å². The van der Waals surface area contributed by atoms with Crippen molar-refractivity contribution in [1.29, 1.82) is 0 Å². The lowest BCUT2D eigenvalue weighted by molar-refractivity contribution is -0.161. The zero-order valence-electron chi connectivity index (χ0n) is 66.6. The normalized spacial score (nSPS) is 13.8. The Morgan fingerprint density at radius 1 is 0.235 bits per heavy atom. The topological polar surface area (TPSA) is 237 Å². The molecule has 0 radical (unpaired) electrons.